The molecule has 2 aromatic carbocycles. The number of rotatable bonds is 1. The van der Waals surface area contributed by atoms with Crippen LogP contribution in [0.1, 0.15) is 17.0 Å². The molecule has 1 atom stereocenters. The van der Waals surface area contributed by atoms with Crippen molar-refractivity contribution in [2.75, 3.05) is 0 Å². The number of phenols is 3. The summed E-state index contributed by atoms with van der Waals surface area (Å²) in [7, 11) is 0. The van der Waals surface area contributed by atoms with Gasteiger partial charge in [-0.25, -0.2) is 0 Å². The molecule has 5 nitrogen and oxygen atoms in total. The zero-order valence-corrected chi connectivity index (χ0v) is 10.4. The maximum Gasteiger partial charge on any atom is 0.319 e. The second-order valence-electron chi connectivity index (χ2n) is 4.72. The first kappa shape index (κ1) is 12.3. The summed E-state index contributed by atoms with van der Waals surface area (Å²) in [5.41, 5.74) is 1.38. The second-order valence-corrected chi connectivity index (χ2v) is 4.72. The second kappa shape index (κ2) is 4.45. The number of benzene rings is 2. The molecule has 0 spiro atoms. The number of aromatic hydroxyl groups is 3. The fourth-order valence-electron chi connectivity index (χ4n) is 2.30. The van der Waals surface area contributed by atoms with Gasteiger partial charge < -0.3 is 20.1 Å². The van der Waals surface area contributed by atoms with Crippen molar-refractivity contribution in [1.82, 2.24) is 0 Å². The van der Waals surface area contributed by atoms with Crippen LogP contribution in [-0.4, -0.2) is 21.3 Å². The Balaban J connectivity index is 1.98. The normalized spacial score (nSPS) is 17.4. The van der Waals surface area contributed by atoms with Crippen LogP contribution in [0.15, 0.2) is 36.4 Å². The standard InChI is InChI=1S/C15H12O5/c16-10-3-1-8(2-4-10)11-5-9-6-12(17)13(18)7-14(9)20-15(11)19/h1-4,6-7,11,16-18H,5H2. The average Bonchev–Trinajstić information content (AvgIpc) is 2.41. The Morgan fingerprint density at radius 2 is 1.65 bits per heavy atom. The highest BCUT2D eigenvalue weighted by Gasteiger charge is 2.30. The van der Waals surface area contributed by atoms with Crippen molar-refractivity contribution in [3.63, 3.8) is 0 Å². The molecule has 20 heavy (non-hydrogen) atoms. The number of ether oxygens (including phenoxy) is 1. The van der Waals surface area contributed by atoms with Crippen molar-refractivity contribution in [2.45, 2.75) is 12.3 Å². The molecule has 3 N–H and O–H groups in total. The third kappa shape index (κ3) is 2.03. The van der Waals surface area contributed by atoms with E-state index >= 15 is 0 Å². The van der Waals surface area contributed by atoms with Crippen LogP contribution in [0.2, 0.25) is 0 Å². The summed E-state index contributed by atoms with van der Waals surface area (Å²) in [5, 5.41) is 28.2. The van der Waals surface area contributed by atoms with Crippen molar-refractivity contribution >= 4 is 5.97 Å². The van der Waals surface area contributed by atoms with E-state index in [0.717, 1.165) is 5.56 Å². The quantitative estimate of drug-likeness (QED) is 0.420. The van der Waals surface area contributed by atoms with Crippen LogP contribution in [0.3, 0.4) is 0 Å². The van der Waals surface area contributed by atoms with E-state index in [-0.39, 0.29) is 23.0 Å². The molecule has 5 heteroatoms. The van der Waals surface area contributed by atoms with Crippen molar-refractivity contribution in [1.29, 1.82) is 0 Å². The Kier molecular flexibility index (Phi) is 2.75. The minimum atomic E-state index is -0.493. The fourth-order valence-corrected chi connectivity index (χ4v) is 2.30. The fraction of sp³-hybridized carbons (Fsp3) is 0.133. The molecule has 2 aromatic rings. The van der Waals surface area contributed by atoms with Crippen LogP contribution in [0.4, 0.5) is 0 Å². The lowest BCUT2D eigenvalue weighted by Gasteiger charge is -2.24. The van der Waals surface area contributed by atoms with E-state index in [1.807, 2.05) is 0 Å². The van der Waals surface area contributed by atoms with E-state index in [0.29, 0.717) is 12.0 Å². The Morgan fingerprint density at radius 3 is 2.35 bits per heavy atom. The van der Waals surface area contributed by atoms with Gasteiger partial charge >= 0.3 is 5.97 Å². The lowest BCUT2D eigenvalue weighted by atomic mass is 9.89. The number of hydrogen-bond acceptors (Lipinski definition) is 5. The molecule has 1 aliphatic heterocycles. The first-order valence-electron chi connectivity index (χ1n) is 6.10. The van der Waals surface area contributed by atoms with Gasteiger partial charge in [-0.3, -0.25) is 4.79 Å². The molecule has 1 heterocycles. The SMILES string of the molecule is O=C1Oc2cc(O)c(O)cc2CC1c1ccc(O)cc1. The van der Waals surface area contributed by atoms with Crippen LogP contribution in [0.25, 0.3) is 0 Å². The van der Waals surface area contributed by atoms with Gasteiger partial charge in [0.25, 0.3) is 0 Å². The van der Waals surface area contributed by atoms with Crippen LogP contribution in [0, 0.1) is 0 Å². The molecule has 0 fully saturated rings. The molecule has 102 valence electrons. The molecule has 0 aromatic heterocycles. The van der Waals surface area contributed by atoms with Gasteiger partial charge in [0.05, 0.1) is 5.92 Å². The van der Waals surface area contributed by atoms with Gasteiger partial charge in [-0.1, -0.05) is 12.1 Å². The molecule has 0 saturated heterocycles. The molecule has 0 bridgehead atoms. The van der Waals surface area contributed by atoms with Gasteiger partial charge in [-0.15, -0.1) is 0 Å². The number of phenolic OH excluding ortho intramolecular Hbond substituents is 3. The van der Waals surface area contributed by atoms with Crippen molar-refractivity contribution in [2.24, 2.45) is 0 Å². The summed E-state index contributed by atoms with van der Waals surface area (Å²) in [5.74, 6) is -1.09. The summed E-state index contributed by atoms with van der Waals surface area (Å²) in [6.07, 6.45) is 0.368. The zero-order valence-electron chi connectivity index (χ0n) is 10.4. The number of carbonyl (C=O) groups is 1. The molecular weight excluding hydrogens is 260 g/mol. The highest BCUT2D eigenvalue weighted by Crippen LogP contribution is 2.39. The number of hydrogen-bond donors (Lipinski definition) is 3. The smallest absolute Gasteiger partial charge is 0.319 e. The number of esters is 1. The van der Waals surface area contributed by atoms with Crippen molar-refractivity contribution < 1.29 is 24.9 Å². The first-order valence-corrected chi connectivity index (χ1v) is 6.10. The molecule has 1 unspecified atom stereocenters. The van der Waals surface area contributed by atoms with E-state index in [1.165, 1.54) is 24.3 Å². The Bertz CT molecular complexity index is 675. The van der Waals surface area contributed by atoms with E-state index < -0.39 is 11.9 Å². The minimum Gasteiger partial charge on any atom is -0.508 e. The van der Waals surface area contributed by atoms with Crippen LogP contribution >= 0.6 is 0 Å². The van der Waals surface area contributed by atoms with E-state index in [1.54, 1.807) is 12.1 Å². The van der Waals surface area contributed by atoms with Crippen LogP contribution in [-0.2, 0) is 11.2 Å². The molecule has 0 amide bonds. The summed E-state index contributed by atoms with van der Waals surface area (Å²) in [6.45, 7) is 0. The minimum absolute atomic E-state index is 0.126. The molecule has 0 radical (unpaired) electrons. The van der Waals surface area contributed by atoms with Gasteiger partial charge in [0.2, 0.25) is 0 Å². The summed E-state index contributed by atoms with van der Waals surface area (Å²) < 4.78 is 5.19. The van der Waals surface area contributed by atoms with E-state index in [2.05, 4.69) is 0 Å². The monoisotopic (exact) mass is 272 g/mol. The highest BCUT2D eigenvalue weighted by atomic mass is 16.5. The zero-order chi connectivity index (χ0) is 14.3. The lowest BCUT2D eigenvalue weighted by Crippen LogP contribution is -2.25. The maximum absolute atomic E-state index is 12.0. The average molecular weight is 272 g/mol. The number of carbonyl (C=O) groups excluding carboxylic acids is 1. The maximum atomic E-state index is 12.0. The van der Waals surface area contributed by atoms with Crippen molar-refractivity contribution in [3.8, 4) is 23.0 Å². The van der Waals surface area contributed by atoms with Crippen molar-refractivity contribution in [3.05, 3.63) is 47.5 Å². The van der Waals surface area contributed by atoms with E-state index in [9.17, 15) is 20.1 Å². The first-order chi connectivity index (χ1) is 9.54. The van der Waals surface area contributed by atoms with Gasteiger partial charge in [0, 0.05) is 11.6 Å². The third-order valence-corrected chi connectivity index (χ3v) is 3.37. The topological polar surface area (TPSA) is 87.0 Å². The Morgan fingerprint density at radius 1 is 1.00 bits per heavy atom. The molecular formula is C15H12O5. The summed E-state index contributed by atoms with van der Waals surface area (Å²) in [6, 6.07) is 8.96. The number of fused-ring (bicyclic) bond motifs is 1. The predicted octanol–water partition coefficient (Wildman–Crippen LogP) is 2.05. The Labute approximate surface area is 114 Å². The predicted molar refractivity (Wildman–Crippen MR) is 70.0 cm³/mol. The molecule has 1 aliphatic rings. The summed E-state index contributed by atoms with van der Waals surface area (Å²) in [4.78, 5) is 12.0. The summed E-state index contributed by atoms with van der Waals surface area (Å²) >= 11 is 0. The Hall–Kier alpha value is -2.69. The largest absolute Gasteiger partial charge is 0.508 e. The third-order valence-electron chi connectivity index (χ3n) is 3.37. The highest BCUT2D eigenvalue weighted by molar-refractivity contribution is 5.83. The van der Waals surface area contributed by atoms with Crippen LogP contribution < -0.4 is 4.74 Å². The van der Waals surface area contributed by atoms with Gasteiger partial charge in [0.15, 0.2) is 11.5 Å². The van der Waals surface area contributed by atoms with Gasteiger partial charge in [0.1, 0.15) is 11.5 Å². The molecule has 0 saturated carbocycles. The lowest BCUT2D eigenvalue weighted by molar-refractivity contribution is -0.137. The molecule has 0 aliphatic carbocycles. The van der Waals surface area contributed by atoms with Gasteiger partial charge in [-0.05, 0) is 30.2 Å². The van der Waals surface area contributed by atoms with Crippen LogP contribution in [0.5, 0.6) is 23.0 Å². The van der Waals surface area contributed by atoms with E-state index in [4.69, 9.17) is 4.74 Å². The van der Waals surface area contributed by atoms with Gasteiger partial charge in [-0.2, -0.15) is 0 Å². The molecule has 3 rings (SSSR count).